The molecule has 3 rings (SSSR count). The van der Waals surface area contributed by atoms with Gasteiger partial charge in [0.2, 0.25) is 0 Å². The van der Waals surface area contributed by atoms with Gasteiger partial charge in [0.25, 0.3) is 0 Å². The zero-order valence-corrected chi connectivity index (χ0v) is 13.3. The predicted molar refractivity (Wildman–Crippen MR) is 83.9 cm³/mol. The zero-order chi connectivity index (χ0) is 16.8. The monoisotopic (exact) mass is 339 g/mol. The summed E-state index contributed by atoms with van der Waals surface area (Å²) in [5.41, 5.74) is -0.436. The number of sulfone groups is 1. The molecule has 0 unspecified atom stereocenters. The second kappa shape index (κ2) is 5.50. The van der Waals surface area contributed by atoms with Crippen LogP contribution in [0, 0.1) is 0 Å². The molecular weight excluding hydrogens is 322 g/mol. The number of hydrogen-bond acceptors (Lipinski definition) is 5. The number of nitrogens with zero attached hydrogens (tertiary/aromatic N) is 2. The van der Waals surface area contributed by atoms with Crippen LogP contribution in [0.5, 0.6) is 0 Å². The third kappa shape index (κ3) is 2.55. The Bertz CT molecular complexity index is 935. The highest BCUT2D eigenvalue weighted by atomic mass is 32.2. The third-order valence-electron chi connectivity index (χ3n) is 4.12. The van der Waals surface area contributed by atoms with Gasteiger partial charge in [0.15, 0.2) is 9.84 Å². The smallest absolute Gasteiger partial charge is 0.420 e. The second-order valence-corrected chi connectivity index (χ2v) is 7.63. The first-order chi connectivity index (χ1) is 10.8. The number of fused-ring (bicyclic) bond motifs is 1. The highest BCUT2D eigenvalue weighted by Crippen LogP contribution is 2.27. The van der Waals surface area contributed by atoms with E-state index in [0.717, 1.165) is 19.3 Å². The van der Waals surface area contributed by atoms with Crippen LogP contribution >= 0.6 is 0 Å². The molecular formula is C14H17N3O5S. The molecule has 0 spiro atoms. The lowest BCUT2D eigenvalue weighted by Crippen LogP contribution is -2.36. The average molecular weight is 339 g/mol. The molecule has 1 aromatic heterocycles. The maximum absolute atomic E-state index is 12.6. The fourth-order valence-corrected chi connectivity index (χ4v) is 4.00. The molecule has 0 bridgehead atoms. The lowest BCUT2D eigenvalue weighted by atomic mass is 10.1. The van der Waals surface area contributed by atoms with E-state index in [0.29, 0.717) is 22.9 Å². The average Bonchev–Trinajstić information content (AvgIpc) is 2.78. The fourth-order valence-electron chi connectivity index (χ4n) is 3.13. The normalized spacial score (nSPS) is 16.7. The van der Waals surface area contributed by atoms with E-state index in [-0.39, 0.29) is 16.5 Å². The van der Waals surface area contributed by atoms with Gasteiger partial charge in [0.05, 0.1) is 15.9 Å². The van der Waals surface area contributed by atoms with E-state index in [1.54, 1.807) is 6.07 Å². The SMILES string of the molecule is CS(=O)(=O)c1cccc2c1n(C(=O)O)c(=O)n2C1CCNCC1. The van der Waals surface area contributed by atoms with Crippen molar-refractivity contribution < 1.29 is 18.3 Å². The molecule has 1 fully saturated rings. The lowest BCUT2D eigenvalue weighted by molar-refractivity contribution is 0.195. The van der Waals surface area contributed by atoms with Gasteiger partial charge in [-0.3, -0.25) is 4.57 Å². The standard InChI is InChI=1S/C14H17N3O5S/c1-23(21,22)11-4-2-3-10-12(11)17(14(19)20)13(18)16(10)9-5-7-15-8-6-9/h2-4,9,15H,5-8H2,1H3,(H,19,20). The summed E-state index contributed by atoms with van der Waals surface area (Å²) in [7, 11) is -3.67. The molecule has 1 aliphatic heterocycles. The summed E-state index contributed by atoms with van der Waals surface area (Å²) in [5, 5.41) is 12.6. The molecule has 0 atom stereocenters. The molecule has 0 amide bonds. The third-order valence-corrected chi connectivity index (χ3v) is 5.25. The Labute approximate surface area is 132 Å². The molecule has 23 heavy (non-hydrogen) atoms. The second-order valence-electron chi connectivity index (χ2n) is 5.65. The van der Waals surface area contributed by atoms with Gasteiger partial charge in [-0.05, 0) is 38.1 Å². The van der Waals surface area contributed by atoms with Gasteiger partial charge in [-0.25, -0.2) is 18.0 Å². The van der Waals surface area contributed by atoms with Gasteiger partial charge < -0.3 is 10.4 Å². The number of rotatable bonds is 2. The Morgan fingerprint density at radius 1 is 1.30 bits per heavy atom. The van der Waals surface area contributed by atoms with Crippen LogP contribution in [0.1, 0.15) is 18.9 Å². The molecule has 0 aliphatic carbocycles. The van der Waals surface area contributed by atoms with Crippen molar-refractivity contribution in [3.05, 3.63) is 28.7 Å². The molecule has 124 valence electrons. The molecule has 8 nitrogen and oxygen atoms in total. The first-order valence-electron chi connectivity index (χ1n) is 7.22. The molecule has 1 aromatic carbocycles. The highest BCUT2D eigenvalue weighted by molar-refractivity contribution is 7.91. The van der Waals surface area contributed by atoms with Crippen LogP contribution in [0.25, 0.3) is 11.0 Å². The topological polar surface area (TPSA) is 110 Å². The minimum Gasteiger partial charge on any atom is -0.464 e. The number of nitrogens with one attached hydrogen (secondary N) is 1. The highest BCUT2D eigenvalue weighted by Gasteiger charge is 2.28. The van der Waals surface area contributed by atoms with Crippen molar-refractivity contribution in [2.45, 2.75) is 23.8 Å². The number of imidazole rings is 1. The molecule has 0 radical (unpaired) electrons. The molecule has 9 heteroatoms. The summed E-state index contributed by atoms with van der Waals surface area (Å²) in [5.74, 6) is 0. The van der Waals surface area contributed by atoms with E-state index in [2.05, 4.69) is 5.32 Å². The molecule has 0 saturated carbocycles. The van der Waals surface area contributed by atoms with Crippen molar-refractivity contribution in [2.75, 3.05) is 19.3 Å². The molecule has 1 saturated heterocycles. The van der Waals surface area contributed by atoms with Crippen LogP contribution in [-0.2, 0) is 9.84 Å². The van der Waals surface area contributed by atoms with E-state index in [1.165, 1.54) is 16.7 Å². The number of benzene rings is 1. The first kappa shape index (κ1) is 15.8. The maximum atomic E-state index is 12.6. The van der Waals surface area contributed by atoms with Gasteiger partial charge in [-0.1, -0.05) is 6.07 Å². The number of carboxylic acid groups (broad SMARTS) is 1. The van der Waals surface area contributed by atoms with E-state index in [9.17, 15) is 23.1 Å². The minimum absolute atomic E-state index is 0.0639. The van der Waals surface area contributed by atoms with Gasteiger partial charge >= 0.3 is 11.8 Å². The van der Waals surface area contributed by atoms with Crippen molar-refractivity contribution in [3.8, 4) is 0 Å². The Kier molecular flexibility index (Phi) is 3.77. The van der Waals surface area contributed by atoms with E-state index < -0.39 is 21.6 Å². The van der Waals surface area contributed by atoms with Gasteiger partial charge in [-0.15, -0.1) is 0 Å². The van der Waals surface area contributed by atoms with Gasteiger partial charge in [-0.2, -0.15) is 4.57 Å². The summed E-state index contributed by atoms with van der Waals surface area (Å²) < 4.78 is 25.9. The van der Waals surface area contributed by atoms with E-state index >= 15 is 0 Å². The molecule has 2 heterocycles. The van der Waals surface area contributed by atoms with Crippen LogP contribution in [0.3, 0.4) is 0 Å². The Balaban J connectivity index is 2.41. The predicted octanol–water partition coefficient (Wildman–Crippen LogP) is 0.657. The van der Waals surface area contributed by atoms with Crippen LogP contribution in [0.15, 0.2) is 27.9 Å². The Hall–Kier alpha value is -2.13. The number of hydrogen-bond donors (Lipinski definition) is 2. The van der Waals surface area contributed by atoms with Crippen LogP contribution in [0.2, 0.25) is 0 Å². The Morgan fingerprint density at radius 3 is 2.52 bits per heavy atom. The van der Waals surface area contributed by atoms with Crippen molar-refractivity contribution >= 4 is 27.0 Å². The lowest BCUT2D eigenvalue weighted by Gasteiger charge is -2.23. The van der Waals surface area contributed by atoms with Crippen LogP contribution in [-0.4, -0.2) is 48.1 Å². The van der Waals surface area contributed by atoms with Crippen molar-refractivity contribution in [3.63, 3.8) is 0 Å². The summed E-state index contributed by atoms with van der Waals surface area (Å²) in [4.78, 5) is 24.0. The summed E-state index contributed by atoms with van der Waals surface area (Å²) in [6.45, 7) is 1.45. The van der Waals surface area contributed by atoms with Crippen LogP contribution < -0.4 is 11.0 Å². The number of aromatic nitrogens is 2. The van der Waals surface area contributed by atoms with E-state index in [4.69, 9.17) is 0 Å². The first-order valence-corrected chi connectivity index (χ1v) is 9.11. The Morgan fingerprint density at radius 2 is 1.96 bits per heavy atom. The van der Waals surface area contributed by atoms with Crippen molar-refractivity contribution in [1.29, 1.82) is 0 Å². The maximum Gasteiger partial charge on any atom is 0.420 e. The van der Waals surface area contributed by atoms with Crippen LogP contribution in [0.4, 0.5) is 4.79 Å². The minimum atomic E-state index is -3.67. The molecule has 2 N–H and O–H groups in total. The summed E-state index contributed by atoms with van der Waals surface area (Å²) in [6.07, 6.45) is 0.882. The van der Waals surface area contributed by atoms with Crippen molar-refractivity contribution in [1.82, 2.24) is 14.5 Å². The largest absolute Gasteiger partial charge is 0.464 e. The van der Waals surface area contributed by atoms with Gasteiger partial charge in [0.1, 0.15) is 0 Å². The number of para-hydroxylation sites is 1. The molecule has 2 aromatic rings. The zero-order valence-electron chi connectivity index (χ0n) is 12.5. The number of carbonyl (C=O) groups is 1. The van der Waals surface area contributed by atoms with E-state index in [1.807, 2.05) is 0 Å². The van der Waals surface area contributed by atoms with Gasteiger partial charge in [0, 0.05) is 12.3 Å². The number of piperidine rings is 1. The van der Waals surface area contributed by atoms with Crippen molar-refractivity contribution in [2.24, 2.45) is 0 Å². The quantitative estimate of drug-likeness (QED) is 0.831. The summed E-state index contributed by atoms with van der Waals surface area (Å²) >= 11 is 0. The molecule has 1 aliphatic rings. The fraction of sp³-hybridized carbons (Fsp3) is 0.429. The summed E-state index contributed by atoms with van der Waals surface area (Å²) in [6, 6.07) is 4.29.